The van der Waals surface area contributed by atoms with Crippen molar-refractivity contribution in [2.45, 2.75) is 20.8 Å². The summed E-state index contributed by atoms with van der Waals surface area (Å²) in [6.07, 6.45) is 3.38. The highest BCUT2D eigenvalue weighted by Crippen LogP contribution is 2.41. The summed E-state index contributed by atoms with van der Waals surface area (Å²) in [5, 5.41) is 4.52. The van der Waals surface area contributed by atoms with Gasteiger partial charge >= 0.3 is 0 Å². The summed E-state index contributed by atoms with van der Waals surface area (Å²) in [4.78, 5) is 16.8. The Morgan fingerprint density at radius 1 is 1.39 bits per heavy atom. The van der Waals surface area contributed by atoms with Gasteiger partial charge < -0.3 is 14.5 Å². The molecule has 2 heterocycles. The summed E-state index contributed by atoms with van der Waals surface area (Å²) in [6.45, 7) is 7.12. The average molecular weight is 499 g/mol. The van der Waals surface area contributed by atoms with E-state index in [1.807, 2.05) is 39.0 Å². The maximum atomic E-state index is 12.5. The van der Waals surface area contributed by atoms with E-state index in [0.29, 0.717) is 11.8 Å². The van der Waals surface area contributed by atoms with Crippen molar-refractivity contribution in [2.24, 2.45) is 4.99 Å². The van der Waals surface area contributed by atoms with Crippen molar-refractivity contribution < 1.29 is 13.9 Å². The van der Waals surface area contributed by atoms with Crippen LogP contribution in [0.25, 0.3) is 27.7 Å². The smallest absolute Gasteiger partial charge is 0.250 e. The normalized spacial score (nSPS) is 14.1. The molecule has 0 spiro atoms. The number of hydrogen-bond acceptors (Lipinski definition) is 5. The number of fused-ring (bicyclic) bond motifs is 1. The number of aliphatic imine (C=N–C) groups is 1. The highest BCUT2D eigenvalue weighted by molar-refractivity contribution is 9.10. The number of furan rings is 1. The molecular weight excluding hydrogens is 476 g/mol. The lowest BCUT2D eigenvalue weighted by atomic mass is 9.96. The van der Waals surface area contributed by atoms with Crippen LogP contribution >= 0.6 is 27.7 Å². The SMILES string of the molecule is CCOc1c(/C(C)=C/C(=O)NC2=NCCS2)cc2c(-c3cccc(Br)c3)coc2c1C. The Morgan fingerprint density at radius 2 is 2.23 bits per heavy atom. The molecule has 1 amide bonds. The van der Waals surface area contributed by atoms with Crippen LogP contribution in [0.1, 0.15) is 25.0 Å². The summed E-state index contributed by atoms with van der Waals surface area (Å²) in [6, 6.07) is 10.2. The van der Waals surface area contributed by atoms with E-state index in [1.54, 1.807) is 24.1 Å². The topological polar surface area (TPSA) is 63.8 Å². The number of rotatable bonds is 5. The van der Waals surface area contributed by atoms with E-state index in [2.05, 4.69) is 38.4 Å². The fraction of sp³-hybridized carbons (Fsp3) is 0.250. The van der Waals surface area contributed by atoms with Crippen molar-refractivity contribution in [3.63, 3.8) is 0 Å². The minimum absolute atomic E-state index is 0.190. The average Bonchev–Trinajstić information content (AvgIpc) is 3.39. The molecule has 0 unspecified atom stereocenters. The maximum absolute atomic E-state index is 12.5. The predicted molar refractivity (Wildman–Crippen MR) is 132 cm³/mol. The summed E-state index contributed by atoms with van der Waals surface area (Å²) in [5.41, 5.74) is 5.45. The van der Waals surface area contributed by atoms with E-state index in [9.17, 15) is 4.79 Å². The highest BCUT2D eigenvalue weighted by atomic mass is 79.9. The molecule has 1 aromatic heterocycles. The van der Waals surface area contributed by atoms with Crippen LogP contribution in [-0.2, 0) is 4.79 Å². The van der Waals surface area contributed by atoms with Gasteiger partial charge in [0, 0.05) is 38.4 Å². The van der Waals surface area contributed by atoms with E-state index in [4.69, 9.17) is 9.15 Å². The first-order chi connectivity index (χ1) is 15.0. The molecule has 1 aliphatic heterocycles. The zero-order valence-electron chi connectivity index (χ0n) is 17.6. The van der Waals surface area contributed by atoms with Crippen molar-refractivity contribution in [3.8, 4) is 16.9 Å². The quantitative estimate of drug-likeness (QED) is 0.425. The highest BCUT2D eigenvalue weighted by Gasteiger charge is 2.19. The molecule has 7 heteroatoms. The van der Waals surface area contributed by atoms with Crippen molar-refractivity contribution in [1.29, 1.82) is 0 Å². The zero-order valence-corrected chi connectivity index (χ0v) is 20.0. The summed E-state index contributed by atoms with van der Waals surface area (Å²) in [5.74, 6) is 1.45. The van der Waals surface area contributed by atoms with Crippen LogP contribution in [-0.4, -0.2) is 30.0 Å². The van der Waals surface area contributed by atoms with Crippen LogP contribution in [0.5, 0.6) is 5.75 Å². The van der Waals surface area contributed by atoms with Crippen molar-refractivity contribution in [3.05, 3.63) is 58.3 Å². The minimum atomic E-state index is -0.190. The van der Waals surface area contributed by atoms with Crippen LogP contribution in [0.4, 0.5) is 0 Å². The lowest BCUT2D eigenvalue weighted by Gasteiger charge is -2.15. The second-order valence-corrected chi connectivity index (χ2v) is 9.20. The molecule has 0 aliphatic carbocycles. The number of hydrogen-bond donors (Lipinski definition) is 1. The number of nitrogens with zero attached hydrogens (tertiary/aromatic N) is 1. The van der Waals surface area contributed by atoms with Gasteiger partial charge in [-0.3, -0.25) is 9.79 Å². The van der Waals surface area contributed by atoms with E-state index in [-0.39, 0.29) is 5.91 Å². The standard InChI is InChI=1S/C24H23BrN2O3S/c1-4-29-22-15(3)23-19(20(13-30-23)16-6-5-7-17(25)11-16)12-18(22)14(2)10-21(28)27-24-26-8-9-31-24/h5-7,10-13H,4,8-9H2,1-3H3,(H,26,27,28)/b14-10+. The number of benzene rings is 2. The third-order valence-corrected chi connectivity index (χ3v) is 6.44. The van der Waals surface area contributed by atoms with Crippen LogP contribution in [0.3, 0.4) is 0 Å². The third kappa shape index (κ3) is 4.57. The number of nitrogens with one attached hydrogen (secondary N) is 1. The van der Waals surface area contributed by atoms with Crippen molar-refractivity contribution in [2.75, 3.05) is 18.9 Å². The number of halogens is 1. The van der Waals surface area contributed by atoms with Gasteiger partial charge in [-0.2, -0.15) is 0 Å². The van der Waals surface area contributed by atoms with Gasteiger partial charge in [-0.15, -0.1) is 0 Å². The molecule has 1 aliphatic rings. The second kappa shape index (κ2) is 9.32. The van der Waals surface area contributed by atoms with Crippen LogP contribution in [0, 0.1) is 6.92 Å². The van der Waals surface area contributed by atoms with Crippen molar-refractivity contribution in [1.82, 2.24) is 5.32 Å². The van der Waals surface area contributed by atoms with Gasteiger partial charge in [0.15, 0.2) is 5.17 Å². The number of amidine groups is 1. The molecule has 160 valence electrons. The molecule has 0 atom stereocenters. The molecule has 4 rings (SSSR count). The van der Waals surface area contributed by atoms with E-state index in [1.165, 1.54) is 0 Å². The van der Waals surface area contributed by atoms with Crippen LogP contribution in [0.15, 0.2) is 56.6 Å². The first-order valence-corrected chi connectivity index (χ1v) is 11.9. The number of amides is 1. The number of carbonyl (C=O) groups excluding carboxylic acids is 1. The monoisotopic (exact) mass is 498 g/mol. The Hall–Kier alpha value is -2.51. The number of aryl methyl sites for hydroxylation is 1. The third-order valence-electron chi connectivity index (χ3n) is 5.06. The first-order valence-electron chi connectivity index (χ1n) is 10.1. The molecule has 3 aromatic rings. The van der Waals surface area contributed by atoms with Gasteiger partial charge in [-0.05, 0) is 50.1 Å². The fourth-order valence-corrected chi connectivity index (χ4v) is 4.78. The Morgan fingerprint density at radius 3 is 2.94 bits per heavy atom. The summed E-state index contributed by atoms with van der Waals surface area (Å²) in [7, 11) is 0. The van der Waals surface area contributed by atoms with Gasteiger partial charge in [-0.1, -0.05) is 39.8 Å². The second-order valence-electron chi connectivity index (χ2n) is 7.20. The van der Waals surface area contributed by atoms with E-state index >= 15 is 0 Å². The van der Waals surface area contributed by atoms with Gasteiger partial charge in [0.2, 0.25) is 5.91 Å². The fourth-order valence-electron chi connectivity index (χ4n) is 3.65. The molecule has 0 bridgehead atoms. The van der Waals surface area contributed by atoms with Gasteiger partial charge in [0.25, 0.3) is 0 Å². The van der Waals surface area contributed by atoms with Gasteiger partial charge in [0.05, 0.1) is 19.4 Å². The molecule has 31 heavy (non-hydrogen) atoms. The molecule has 0 radical (unpaired) electrons. The molecule has 0 saturated heterocycles. The molecular formula is C24H23BrN2O3S. The number of thioether (sulfide) groups is 1. The zero-order chi connectivity index (χ0) is 22.0. The Kier molecular flexibility index (Phi) is 6.53. The molecule has 2 aromatic carbocycles. The molecule has 1 N–H and O–H groups in total. The maximum Gasteiger partial charge on any atom is 0.250 e. The number of ether oxygens (including phenoxy) is 1. The van der Waals surface area contributed by atoms with E-state index in [0.717, 1.165) is 61.3 Å². The van der Waals surface area contributed by atoms with E-state index < -0.39 is 0 Å². The summed E-state index contributed by atoms with van der Waals surface area (Å²) >= 11 is 5.10. The lowest BCUT2D eigenvalue weighted by Crippen LogP contribution is -2.25. The Labute approximate surface area is 194 Å². The predicted octanol–water partition coefficient (Wildman–Crippen LogP) is 6.19. The first kappa shape index (κ1) is 21.7. The molecule has 0 saturated carbocycles. The van der Waals surface area contributed by atoms with Gasteiger partial charge in [0.1, 0.15) is 11.3 Å². The summed E-state index contributed by atoms with van der Waals surface area (Å²) < 4.78 is 12.9. The molecule has 5 nitrogen and oxygen atoms in total. The van der Waals surface area contributed by atoms with Crippen LogP contribution in [0.2, 0.25) is 0 Å². The van der Waals surface area contributed by atoms with Crippen molar-refractivity contribution >= 4 is 55.3 Å². The Bertz CT molecular complexity index is 1210. The largest absolute Gasteiger partial charge is 0.493 e. The minimum Gasteiger partial charge on any atom is -0.493 e. The molecule has 0 fully saturated rings. The number of allylic oxidation sites excluding steroid dienone is 1. The van der Waals surface area contributed by atoms with Gasteiger partial charge in [-0.25, -0.2) is 0 Å². The lowest BCUT2D eigenvalue weighted by molar-refractivity contribution is -0.115. The number of carbonyl (C=O) groups is 1. The Balaban J connectivity index is 1.80. The van der Waals surface area contributed by atoms with Crippen LogP contribution < -0.4 is 10.1 Å².